The summed E-state index contributed by atoms with van der Waals surface area (Å²) in [5.74, 6) is 0.668. The van der Waals surface area contributed by atoms with Crippen LogP contribution in [0.1, 0.15) is 10.6 Å². The molecule has 2 heterocycles. The minimum absolute atomic E-state index is 0.472. The van der Waals surface area contributed by atoms with Crippen LogP contribution in [0.5, 0.6) is 0 Å². The normalized spacial score (nSPS) is 11.4. The van der Waals surface area contributed by atoms with Crippen LogP contribution in [0.15, 0.2) is 35.7 Å². The first-order valence-corrected chi connectivity index (χ1v) is 9.63. The summed E-state index contributed by atoms with van der Waals surface area (Å²) >= 11 is 26.1. The van der Waals surface area contributed by atoms with Gasteiger partial charge in [-0.05, 0) is 29.8 Å². The predicted molar refractivity (Wildman–Crippen MR) is 106 cm³/mol. The number of halogens is 4. The van der Waals surface area contributed by atoms with Gasteiger partial charge in [0.1, 0.15) is 5.69 Å². The van der Waals surface area contributed by atoms with Crippen molar-refractivity contribution in [2.45, 2.75) is 6.42 Å². The lowest BCUT2D eigenvalue weighted by atomic mass is 10.1. The van der Waals surface area contributed by atoms with E-state index in [0.29, 0.717) is 32.3 Å². The number of hydrogen-bond acceptors (Lipinski definition) is 3. The number of aromatic nitrogens is 3. The number of imidazole rings is 1. The van der Waals surface area contributed by atoms with Crippen molar-refractivity contribution in [3.05, 3.63) is 66.4 Å². The van der Waals surface area contributed by atoms with Crippen molar-refractivity contribution in [2.24, 2.45) is 0 Å². The second-order valence-corrected chi connectivity index (χ2v) is 7.94. The van der Waals surface area contributed by atoms with E-state index in [1.807, 2.05) is 23.6 Å². The van der Waals surface area contributed by atoms with E-state index in [1.54, 1.807) is 12.1 Å². The molecule has 0 fully saturated rings. The molecule has 0 aliphatic heterocycles. The zero-order valence-corrected chi connectivity index (χ0v) is 16.3. The molecule has 25 heavy (non-hydrogen) atoms. The molecule has 2 aromatic heterocycles. The Morgan fingerprint density at radius 2 is 1.64 bits per heavy atom. The van der Waals surface area contributed by atoms with Crippen LogP contribution in [0.4, 0.5) is 0 Å². The molecule has 0 unspecified atom stereocenters. The third-order valence-corrected chi connectivity index (χ3v) is 5.99. The first kappa shape index (κ1) is 17.1. The first-order chi connectivity index (χ1) is 12.0. The molecule has 0 amide bonds. The Morgan fingerprint density at radius 1 is 0.920 bits per heavy atom. The second-order valence-electron chi connectivity index (χ2n) is 5.37. The van der Waals surface area contributed by atoms with E-state index in [1.165, 1.54) is 11.3 Å². The summed E-state index contributed by atoms with van der Waals surface area (Å²) in [6.45, 7) is 0. The molecule has 0 atom stereocenters. The number of thiazole rings is 1. The maximum Gasteiger partial charge on any atom is 0.158 e. The first-order valence-electron chi connectivity index (χ1n) is 7.23. The topological polar surface area (TPSA) is 41.6 Å². The summed E-state index contributed by atoms with van der Waals surface area (Å²) in [7, 11) is 0. The quantitative estimate of drug-likeness (QED) is 0.385. The van der Waals surface area contributed by atoms with Gasteiger partial charge < -0.3 is 4.98 Å². The van der Waals surface area contributed by atoms with E-state index < -0.39 is 0 Å². The Morgan fingerprint density at radius 3 is 2.40 bits per heavy atom. The maximum atomic E-state index is 6.24. The second kappa shape index (κ2) is 6.78. The van der Waals surface area contributed by atoms with E-state index >= 15 is 0 Å². The molecule has 0 aliphatic carbocycles. The summed E-state index contributed by atoms with van der Waals surface area (Å²) in [5.41, 5.74) is 3.18. The minimum atomic E-state index is 0.472. The lowest BCUT2D eigenvalue weighted by Gasteiger charge is -2.04. The number of rotatable bonds is 3. The highest BCUT2D eigenvalue weighted by Gasteiger charge is 2.13. The van der Waals surface area contributed by atoms with Gasteiger partial charge in [-0.15, -0.1) is 11.3 Å². The van der Waals surface area contributed by atoms with Crippen LogP contribution in [0.3, 0.4) is 0 Å². The number of H-pyrrole nitrogens is 1. The average Bonchev–Trinajstić information content (AvgIpc) is 3.18. The number of benzene rings is 2. The Hall–Kier alpha value is -1.30. The van der Waals surface area contributed by atoms with Crippen molar-refractivity contribution < 1.29 is 0 Å². The molecule has 0 aliphatic rings. The van der Waals surface area contributed by atoms with Gasteiger partial charge in [0.15, 0.2) is 5.82 Å². The van der Waals surface area contributed by atoms with E-state index in [-0.39, 0.29) is 0 Å². The fraction of sp³-hybridized carbons (Fsp3) is 0.0588. The van der Waals surface area contributed by atoms with Gasteiger partial charge in [0.25, 0.3) is 0 Å². The largest absolute Gasteiger partial charge is 0.337 e. The lowest BCUT2D eigenvalue weighted by molar-refractivity contribution is 1.13. The fourth-order valence-corrected chi connectivity index (χ4v) is 4.12. The lowest BCUT2D eigenvalue weighted by Crippen LogP contribution is -1.91. The molecule has 0 saturated carbocycles. The molecule has 0 saturated heterocycles. The van der Waals surface area contributed by atoms with Gasteiger partial charge in [-0.1, -0.05) is 52.5 Å². The average molecular weight is 429 g/mol. The third kappa shape index (κ3) is 3.37. The number of nitrogens with zero attached hydrogens (tertiary/aromatic N) is 2. The van der Waals surface area contributed by atoms with E-state index in [2.05, 4.69) is 15.0 Å². The number of nitrogens with one attached hydrogen (secondary N) is 1. The van der Waals surface area contributed by atoms with Gasteiger partial charge in [-0.2, -0.15) is 0 Å². The molecular weight excluding hydrogens is 420 g/mol. The van der Waals surface area contributed by atoms with Crippen LogP contribution in [-0.2, 0) is 6.42 Å². The summed E-state index contributed by atoms with van der Waals surface area (Å²) in [4.78, 5) is 12.4. The van der Waals surface area contributed by atoms with Crippen molar-refractivity contribution >= 4 is 68.8 Å². The monoisotopic (exact) mass is 427 g/mol. The highest BCUT2D eigenvalue weighted by atomic mass is 35.5. The summed E-state index contributed by atoms with van der Waals surface area (Å²) < 4.78 is 0. The Labute approximate surface area is 167 Å². The molecule has 0 bridgehead atoms. The number of hydrogen-bond donors (Lipinski definition) is 1. The van der Waals surface area contributed by atoms with Crippen LogP contribution in [0, 0.1) is 0 Å². The van der Waals surface area contributed by atoms with Crippen LogP contribution in [0.2, 0.25) is 20.1 Å². The number of fused-ring (bicyclic) bond motifs is 1. The molecule has 0 spiro atoms. The molecule has 126 valence electrons. The van der Waals surface area contributed by atoms with Gasteiger partial charge in [0, 0.05) is 21.8 Å². The predicted octanol–water partition coefficient (Wildman–Crippen LogP) is 6.89. The van der Waals surface area contributed by atoms with Crippen molar-refractivity contribution in [2.75, 3.05) is 0 Å². The van der Waals surface area contributed by atoms with Crippen LogP contribution < -0.4 is 0 Å². The Balaban J connectivity index is 1.67. The molecule has 8 heteroatoms. The third-order valence-electron chi connectivity index (χ3n) is 3.71. The van der Waals surface area contributed by atoms with Gasteiger partial charge in [0.05, 0.1) is 26.1 Å². The van der Waals surface area contributed by atoms with Crippen molar-refractivity contribution in [3.8, 4) is 11.5 Å². The van der Waals surface area contributed by atoms with Gasteiger partial charge in [-0.25, -0.2) is 9.97 Å². The van der Waals surface area contributed by atoms with E-state index in [4.69, 9.17) is 46.4 Å². The summed E-state index contributed by atoms with van der Waals surface area (Å²) in [6, 6.07) is 8.96. The van der Waals surface area contributed by atoms with Gasteiger partial charge in [0.2, 0.25) is 0 Å². The molecule has 2 aromatic carbocycles. The van der Waals surface area contributed by atoms with Crippen LogP contribution >= 0.6 is 57.7 Å². The maximum absolute atomic E-state index is 6.24. The highest BCUT2D eigenvalue weighted by Crippen LogP contribution is 2.31. The van der Waals surface area contributed by atoms with Crippen molar-refractivity contribution in [1.29, 1.82) is 0 Å². The molecule has 1 N–H and O–H groups in total. The fourth-order valence-electron chi connectivity index (χ4n) is 2.48. The Kier molecular flexibility index (Phi) is 4.65. The smallest absolute Gasteiger partial charge is 0.158 e. The highest BCUT2D eigenvalue weighted by molar-refractivity contribution is 7.10. The van der Waals surface area contributed by atoms with Crippen LogP contribution in [-0.4, -0.2) is 15.0 Å². The zero-order chi connectivity index (χ0) is 17.6. The molecule has 3 nitrogen and oxygen atoms in total. The number of aromatic amines is 1. The van der Waals surface area contributed by atoms with E-state index in [0.717, 1.165) is 27.3 Å². The molecule has 0 radical (unpaired) electrons. The van der Waals surface area contributed by atoms with Crippen molar-refractivity contribution in [3.63, 3.8) is 0 Å². The van der Waals surface area contributed by atoms with E-state index in [9.17, 15) is 0 Å². The Bertz CT molecular complexity index is 1030. The SMILES string of the molecule is Clc1cc2nc(-c3csc(Cc4c(Cl)cccc4Cl)n3)[nH]c2cc1Cl. The standard InChI is InChI=1S/C17H9Cl4N3S/c18-9-2-1-3-10(19)8(9)4-16-22-15(7-25-16)17-23-13-5-11(20)12(21)6-14(13)24-17/h1-3,5-7H,4H2,(H,23,24). The zero-order valence-electron chi connectivity index (χ0n) is 12.5. The van der Waals surface area contributed by atoms with Gasteiger partial charge >= 0.3 is 0 Å². The summed E-state index contributed by atoms with van der Waals surface area (Å²) in [6.07, 6.45) is 0.570. The summed E-state index contributed by atoms with van der Waals surface area (Å²) in [5, 5.41) is 5.08. The van der Waals surface area contributed by atoms with Gasteiger partial charge in [-0.3, -0.25) is 0 Å². The minimum Gasteiger partial charge on any atom is -0.337 e. The van der Waals surface area contributed by atoms with Crippen molar-refractivity contribution in [1.82, 2.24) is 15.0 Å². The molecule has 4 aromatic rings. The molecular formula is C17H9Cl4N3S. The molecule has 4 rings (SSSR count). The van der Waals surface area contributed by atoms with Crippen LogP contribution in [0.25, 0.3) is 22.6 Å².